The largest absolute Gasteiger partial charge is 0.229 e. The highest BCUT2D eigenvalue weighted by atomic mass is 32.2. The van der Waals surface area contributed by atoms with E-state index in [0.29, 0.717) is 11.2 Å². The van der Waals surface area contributed by atoms with Gasteiger partial charge in [-0.05, 0) is 31.1 Å². The van der Waals surface area contributed by atoms with Gasteiger partial charge in [-0.25, -0.2) is 8.42 Å². The van der Waals surface area contributed by atoms with E-state index < -0.39 is 9.84 Å². The first-order valence-electron chi connectivity index (χ1n) is 5.53. The van der Waals surface area contributed by atoms with Crippen LogP contribution in [0.4, 0.5) is 0 Å². The van der Waals surface area contributed by atoms with E-state index in [2.05, 4.69) is 20.8 Å². The molecule has 0 aliphatic carbocycles. The molecule has 1 rings (SSSR count). The van der Waals surface area contributed by atoms with Gasteiger partial charge < -0.3 is 0 Å². The van der Waals surface area contributed by atoms with Gasteiger partial charge in [0.05, 0.1) is 11.0 Å². The second-order valence-electron chi connectivity index (χ2n) is 5.58. The monoisotopic (exact) mass is 218 g/mol. The third-order valence-electron chi connectivity index (χ3n) is 2.92. The van der Waals surface area contributed by atoms with Crippen LogP contribution in [0.5, 0.6) is 0 Å². The fourth-order valence-corrected chi connectivity index (χ4v) is 4.00. The van der Waals surface area contributed by atoms with Gasteiger partial charge in [-0.1, -0.05) is 27.2 Å². The summed E-state index contributed by atoms with van der Waals surface area (Å²) < 4.78 is 23.0. The lowest BCUT2D eigenvalue weighted by molar-refractivity contribution is 0.358. The molecule has 0 amide bonds. The summed E-state index contributed by atoms with van der Waals surface area (Å²) in [4.78, 5) is 0. The molecule has 1 aliphatic rings. The molecule has 0 saturated carbocycles. The highest BCUT2D eigenvalue weighted by molar-refractivity contribution is 7.92. The lowest BCUT2D eigenvalue weighted by atomic mass is 9.89. The normalized spacial score (nSPS) is 26.6. The Labute approximate surface area is 88.0 Å². The molecule has 1 atom stereocenters. The van der Waals surface area contributed by atoms with Crippen molar-refractivity contribution in [3.63, 3.8) is 0 Å². The van der Waals surface area contributed by atoms with Crippen molar-refractivity contribution in [2.45, 2.75) is 58.1 Å². The Hall–Kier alpha value is -0.0500. The summed E-state index contributed by atoms with van der Waals surface area (Å²) in [6.07, 6.45) is 4.82. The van der Waals surface area contributed by atoms with Crippen molar-refractivity contribution in [1.82, 2.24) is 0 Å². The van der Waals surface area contributed by atoms with Crippen LogP contribution in [0.2, 0.25) is 0 Å². The molecule has 2 nitrogen and oxygen atoms in total. The summed E-state index contributed by atoms with van der Waals surface area (Å²) in [6.45, 7) is 6.61. The number of hydrogen-bond acceptors (Lipinski definition) is 2. The minimum absolute atomic E-state index is 0.0233. The maximum atomic E-state index is 11.5. The maximum absolute atomic E-state index is 11.5. The van der Waals surface area contributed by atoms with Gasteiger partial charge in [-0.15, -0.1) is 0 Å². The van der Waals surface area contributed by atoms with Crippen LogP contribution in [0.25, 0.3) is 0 Å². The quantitative estimate of drug-likeness (QED) is 0.730. The van der Waals surface area contributed by atoms with Crippen molar-refractivity contribution in [3.05, 3.63) is 0 Å². The van der Waals surface area contributed by atoms with Crippen LogP contribution in [-0.4, -0.2) is 19.4 Å². The molecule has 0 radical (unpaired) electrons. The minimum atomic E-state index is -2.70. The topological polar surface area (TPSA) is 34.1 Å². The molecule has 84 valence electrons. The predicted molar refractivity (Wildman–Crippen MR) is 60.1 cm³/mol. The van der Waals surface area contributed by atoms with Crippen molar-refractivity contribution >= 4 is 9.84 Å². The van der Waals surface area contributed by atoms with Gasteiger partial charge in [0, 0.05) is 0 Å². The SMILES string of the molecule is CC(C)(C)CCCC1CCCS1(=O)=O. The summed E-state index contributed by atoms with van der Waals surface area (Å²) in [5, 5.41) is -0.0233. The van der Waals surface area contributed by atoms with E-state index in [4.69, 9.17) is 0 Å². The van der Waals surface area contributed by atoms with Gasteiger partial charge in [0.15, 0.2) is 9.84 Å². The highest BCUT2D eigenvalue weighted by Gasteiger charge is 2.30. The molecule has 14 heavy (non-hydrogen) atoms. The van der Waals surface area contributed by atoms with Crippen molar-refractivity contribution in [2.24, 2.45) is 5.41 Å². The molecule has 1 saturated heterocycles. The van der Waals surface area contributed by atoms with Crippen LogP contribution >= 0.6 is 0 Å². The van der Waals surface area contributed by atoms with Crippen molar-refractivity contribution in [3.8, 4) is 0 Å². The molecule has 1 fully saturated rings. The Kier molecular flexibility index (Phi) is 3.62. The molecule has 1 unspecified atom stereocenters. The van der Waals surface area contributed by atoms with Gasteiger partial charge in [-0.2, -0.15) is 0 Å². The fraction of sp³-hybridized carbons (Fsp3) is 1.00. The van der Waals surface area contributed by atoms with Crippen molar-refractivity contribution in [1.29, 1.82) is 0 Å². The summed E-state index contributed by atoms with van der Waals surface area (Å²) in [5.41, 5.74) is 0.336. The van der Waals surface area contributed by atoms with E-state index in [1.54, 1.807) is 0 Å². The number of rotatable bonds is 3. The average Bonchev–Trinajstić information content (AvgIpc) is 2.28. The molecule has 0 aromatic carbocycles. The third kappa shape index (κ3) is 3.60. The summed E-state index contributed by atoms with van der Waals surface area (Å²) in [5.74, 6) is 0.424. The zero-order valence-electron chi connectivity index (χ0n) is 9.54. The van der Waals surface area contributed by atoms with E-state index in [1.165, 1.54) is 0 Å². The lowest BCUT2D eigenvalue weighted by Crippen LogP contribution is -2.16. The molecule has 0 aromatic heterocycles. The summed E-state index contributed by atoms with van der Waals surface area (Å²) in [7, 11) is -2.70. The number of hydrogen-bond donors (Lipinski definition) is 0. The van der Waals surface area contributed by atoms with Gasteiger partial charge in [0.25, 0.3) is 0 Å². The van der Waals surface area contributed by atoms with Gasteiger partial charge in [0.1, 0.15) is 0 Å². The van der Waals surface area contributed by atoms with Crippen LogP contribution in [-0.2, 0) is 9.84 Å². The van der Waals surface area contributed by atoms with E-state index in [0.717, 1.165) is 32.1 Å². The zero-order valence-corrected chi connectivity index (χ0v) is 10.4. The third-order valence-corrected chi connectivity index (χ3v) is 5.26. The second-order valence-corrected chi connectivity index (χ2v) is 7.98. The van der Waals surface area contributed by atoms with Crippen LogP contribution in [0, 0.1) is 5.41 Å². The van der Waals surface area contributed by atoms with Crippen molar-refractivity contribution in [2.75, 3.05) is 5.75 Å². The Morgan fingerprint density at radius 3 is 2.36 bits per heavy atom. The molecule has 0 aromatic rings. The Morgan fingerprint density at radius 1 is 1.29 bits per heavy atom. The van der Waals surface area contributed by atoms with E-state index in [1.807, 2.05) is 0 Å². The van der Waals surface area contributed by atoms with E-state index in [9.17, 15) is 8.42 Å². The van der Waals surface area contributed by atoms with Crippen LogP contribution in [0.1, 0.15) is 52.9 Å². The fourth-order valence-electron chi connectivity index (χ4n) is 2.04. The van der Waals surface area contributed by atoms with Gasteiger partial charge in [0.2, 0.25) is 0 Å². The first-order valence-corrected chi connectivity index (χ1v) is 7.24. The first kappa shape index (κ1) is 12.0. The highest BCUT2D eigenvalue weighted by Crippen LogP contribution is 2.28. The molecule has 1 aliphatic heterocycles. The molecule has 0 spiro atoms. The molecule has 0 bridgehead atoms. The Morgan fingerprint density at radius 2 is 1.93 bits per heavy atom. The van der Waals surface area contributed by atoms with E-state index in [-0.39, 0.29) is 5.25 Å². The molecule has 1 heterocycles. The van der Waals surface area contributed by atoms with Crippen LogP contribution < -0.4 is 0 Å². The predicted octanol–water partition coefficient (Wildman–Crippen LogP) is 2.78. The molecule has 0 N–H and O–H groups in total. The second kappa shape index (κ2) is 4.21. The van der Waals surface area contributed by atoms with E-state index >= 15 is 0 Å². The molecular weight excluding hydrogens is 196 g/mol. The summed E-state index contributed by atoms with van der Waals surface area (Å²) in [6, 6.07) is 0. The maximum Gasteiger partial charge on any atom is 0.153 e. The van der Waals surface area contributed by atoms with Gasteiger partial charge >= 0.3 is 0 Å². The van der Waals surface area contributed by atoms with Crippen LogP contribution in [0.15, 0.2) is 0 Å². The molecular formula is C11H22O2S. The van der Waals surface area contributed by atoms with Crippen LogP contribution in [0.3, 0.4) is 0 Å². The van der Waals surface area contributed by atoms with Gasteiger partial charge in [-0.3, -0.25) is 0 Å². The summed E-state index contributed by atoms with van der Waals surface area (Å²) >= 11 is 0. The lowest BCUT2D eigenvalue weighted by Gasteiger charge is -2.18. The smallest absolute Gasteiger partial charge is 0.153 e. The Bertz CT molecular complexity index is 272. The van der Waals surface area contributed by atoms with Crippen molar-refractivity contribution < 1.29 is 8.42 Å². The molecule has 3 heteroatoms. The Balaban J connectivity index is 2.33. The first-order chi connectivity index (χ1) is 6.31. The average molecular weight is 218 g/mol. The standard InChI is InChI=1S/C11H22O2S/c1-11(2,3)8-4-6-10-7-5-9-14(10,12)13/h10H,4-9H2,1-3H3. The minimum Gasteiger partial charge on any atom is -0.229 e. The number of sulfone groups is 1. The zero-order chi connectivity index (χ0) is 10.8.